The molecule has 88 valence electrons. The van der Waals surface area contributed by atoms with Gasteiger partial charge >= 0.3 is 0 Å². The van der Waals surface area contributed by atoms with Crippen molar-refractivity contribution < 1.29 is 4.74 Å². The normalized spacial score (nSPS) is 10.7. The van der Waals surface area contributed by atoms with E-state index in [1.54, 1.807) is 6.26 Å². The number of unbranched alkanes of at least 4 members (excludes halogenated alkanes) is 8. The number of allylic oxidation sites excluding steroid dienone is 1. The third kappa shape index (κ3) is 13.3. The van der Waals surface area contributed by atoms with Crippen LogP contribution in [0.15, 0.2) is 25.2 Å². The zero-order valence-electron chi connectivity index (χ0n) is 10.2. The molecular formula is C14H26O. The molecule has 0 aromatic carbocycles. The Labute approximate surface area is 95.2 Å². The second-order valence-corrected chi connectivity index (χ2v) is 3.94. The highest BCUT2D eigenvalue weighted by molar-refractivity contribution is 4.75. The number of hydrogen-bond acceptors (Lipinski definition) is 1. The van der Waals surface area contributed by atoms with E-state index in [-0.39, 0.29) is 0 Å². The first-order valence-electron chi connectivity index (χ1n) is 6.33. The highest BCUT2D eigenvalue weighted by atomic mass is 16.5. The van der Waals surface area contributed by atoms with Gasteiger partial charge in [-0.3, -0.25) is 0 Å². The Hall–Kier alpha value is -0.720. The minimum absolute atomic E-state index is 1.13. The molecule has 0 aliphatic rings. The van der Waals surface area contributed by atoms with E-state index in [1.807, 2.05) is 0 Å². The van der Waals surface area contributed by atoms with Crippen molar-refractivity contribution in [1.29, 1.82) is 0 Å². The van der Waals surface area contributed by atoms with Gasteiger partial charge in [-0.25, -0.2) is 0 Å². The van der Waals surface area contributed by atoms with Gasteiger partial charge in [0.05, 0.1) is 12.5 Å². The van der Waals surface area contributed by atoms with Crippen molar-refractivity contribution in [3.8, 4) is 0 Å². The van der Waals surface area contributed by atoms with Crippen LogP contribution in [0.2, 0.25) is 0 Å². The van der Waals surface area contributed by atoms with Gasteiger partial charge in [-0.2, -0.15) is 0 Å². The fourth-order valence-corrected chi connectivity index (χ4v) is 1.58. The van der Waals surface area contributed by atoms with Crippen LogP contribution in [-0.4, -0.2) is 0 Å². The molecule has 0 atom stereocenters. The molecular weight excluding hydrogens is 184 g/mol. The van der Waals surface area contributed by atoms with Crippen molar-refractivity contribution in [1.82, 2.24) is 0 Å². The Morgan fingerprint density at radius 3 is 2.13 bits per heavy atom. The molecule has 1 heteroatoms. The highest BCUT2D eigenvalue weighted by Gasteiger charge is 1.90. The van der Waals surface area contributed by atoms with E-state index in [0.717, 1.165) is 6.42 Å². The zero-order chi connectivity index (χ0) is 11.2. The molecule has 15 heavy (non-hydrogen) atoms. The molecule has 0 fully saturated rings. The van der Waals surface area contributed by atoms with Crippen LogP contribution < -0.4 is 0 Å². The van der Waals surface area contributed by atoms with Gasteiger partial charge in [0.15, 0.2) is 0 Å². The summed E-state index contributed by atoms with van der Waals surface area (Å²) in [7, 11) is 0. The standard InChI is InChI=1S/C14H26O/c1-3-5-6-7-8-9-10-11-12-13-14-15-4-2/h4,13-14H,2-3,5-12H2,1H3. The molecule has 0 heterocycles. The van der Waals surface area contributed by atoms with E-state index in [9.17, 15) is 0 Å². The third-order valence-electron chi connectivity index (χ3n) is 2.50. The van der Waals surface area contributed by atoms with Crippen molar-refractivity contribution in [2.75, 3.05) is 0 Å². The maximum absolute atomic E-state index is 4.89. The summed E-state index contributed by atoms with van der Waals surface area (Å²) in [5.74, 6) is 0. The van der Waals surface area contributed by atoms with E-state index in [0.29, 0.717) is 0 Å². The molecule has 1 nitrogen and oxygen atoms in total. The van der Waals surface area contributed by atoms with E-state index in [4.69, 9.17) is 4.74 Å². The summed E-state index contributed by atoms with van der Waals surface area (Å²) in [6, 6.07) is 0. The minimum Gasteiger partial charge on any atom is -0.474 e. The van der Waals surface area contributed by atoms with E-state index in [1.165, 1.54) is 57.6 Å². The maximum atomic E-state index is 4.89. The van der Waals surface area contributed by atoms with Crippen LogP contribution in [0.1, 0.15) is 64.7 Å². The van der Waals surface area contributed by atoms with E-state index in [2.05, 4.69) is 19.6 Å². The molecule has 0 saturated carbocycles. The summed E-state index contributed by atoms with van der Waals surface area (Å²) >= 11 is 0. The molecule has 0 aromatic heterocycles. The van der Waals surface area contributed by atoms with Gasteiger partial charge in [0.1, 0.15) is 0 Å². The average molecular weight is 210 g/mol. The topological polar surface area (TPSA) is 9.23 Å². The van der Waals surface area contributed by atoms with Crippen molar-refractivity contribution in [2.45, 2.75) is 64.7 Å². The molecule has 0 bridgehead atoms. The van der Waals surface area contributed by atoms with Crippen LogP contribution in [0.25, 0.3) is 0 Å². The highest BCUT2D eigenvalue weighted by Crippen LogP contribution is 2.09. The summed E-state index contributed by atoms with van der Waals surface area (Å²) in [6.45, 7) is 5.73. The Morgan fingerprint density at radius 1 is 0.933 bits per heavy atom. The van der Waals surface area contributed by atoms with Crippen molar-refractivity contribution >= 4 is 0 Å². The lowest BCUT2D eigenvalue weighted by molar-refractivity contribution is 0.402. The zero-order valence-corrected chi connectivity index (χ0v) is 10.2. The Kier molecular flexibility index (Phi) is 12.6. The monoisotopic (exact) mass is 210 g/mol. The lowest BCUT2D eigenvalue weighted by Crippen LogP contribution is -1.79. The molecule has 0 aromatic rings. The second-order valence-electron chi connectivity index (χ2n) is 3.94. The van der Waals surface area contributed by atoms with Crippen molar-refractivity contribution in [3.05, 3.63) is 25.2 Å². The SMILES string of the molecule is C=COC=CCCCCCCCCCC. The quantitative estimate of drug-likeness (QED) is 0.337. The fourth-order valence-electron chi connectivity index (χ4n) is 1.58. The number of rotatable bonds is 11. The first kappa shape index (κ1) is 14.3. The average Bonchev–Trinajstić information content (AvgIpc) is 2.26. The van der Waals surface area contributed by atoms with Crippen LogP contribution in [-0.2, 0) is 4.74 Å². The summed E-state index contributed by atoms with van der Waals surface area (Å²) in [5.41, 5.74) is 0. The van der Waals surface area contributed by atoms with Crippen LogP contribution in [0.3, 0.4) is 0 Å². The Morgan fingerprint density at radius 2 is 1.53 bits per heavy atom. The van der Waals surface area contributed by atoms with Gasteiger partial charge in [-0.1, -0.05) is 58.4 Å². The predicted octanol–water partition coefficient (Wildman–Crippen LogP) is 5.19. The van der Waals surface area contributed by atoms with Gasteiger partial charge in [-0.05, 0) is 18.9 Å². The van der Waals surface area contributed by atoms with Crippen molar-refractivity contribution in [2.24, 2.45) is 0 Å². The summed E-state index contributed by atoms with van der Waals surface area (Å²) < 4.78 is 4.89. The Balaban J connectivity index is 2.95. The lowest BCUT2D eigenvalue weighted by Gasteiger charge is -1.99. The smallest absolute Gasteiger partial charge is 0.0861 e. The van der Waals surface area contributed by atoms with Crippen LogP contribution >= 0.6 is 0 Å². The molecule has 0 spiro atoms. The molecule has 0 amide bonds. The number of hydrogen-bond donors (Lipinski definition) is 0. The predicted molar refractivity (Wildman–Crippen MR) is 67.6 cm³/mol. The van der Waals surface area contributed by atoms with Gasteiger partial charge in [0.2, 0.25) is 0 Å². The molecule has 0 radical (unpaired) electrons. The number of ether oxygens (including phenoxy) is 1. The summed E-state index contributed by atoms with van der Waals surface area (Å²) in [6.07, 6.45) is 17.4. The first-order chi connectivity index (χ1) is 7.41. The third-order valence-corrected chi connectivity index (χ3v) is 2.50. The molecule has 0 saturated heterocycles. The van der Waals surface area contributed by atoms with Crippen LogP contribution in [0.5, 0.6) is 0 Å². The van der Waals surface area contributed by atoms with E-state index >= 15 is 0 Å². The van der Waals surface area contributed by atoms with Crippen molar-refractivity contribution in [3.63, 3.8) is 0 Å². The minimum atomic E-state index is 1.13. The lowest BCUT2D eigenvalue weighted by atomic mass is 10.1. The molecule has 0 aliphatic heterocycles. The molecule has 0 aliphatic carbocycles. The Bertz CT molecular complexity index is 149. The largest absolute Gasteiger partial charge is 0.474 e. The summed E-state index contributed by atoms with van der Waals surface area (Å²) in [5, 5.41) is 0. The van der Waals surface area contributed by atoms with Gasteiger partial charge in [-0.15, -0.1) is 0 Å². The van der Waals surface area contributed by atoms with Gasteiger partial charge < -0.3 is 4.74 Å². The van der Waals surface area contributed by atoms with Crippen LogP contribution in [0.4, 0.5) is 0 Å². The van der Waals surface area contributed by atoms with Gasteiger partial charge in [0, 0.05) is 0 Å². The molecule has 0 rings (SSSR count). The molecule has 0 unspecified atom stereocenters. The molecule has 0 N–H and O–H groups in total. The fraction of sp³-hybridized carbons (Fsp3) is 0.714. The first-order valence-corrected chi connectivity index (χ1v) is 6.33. The maximum Gasteiger partial charge on any atom is 0.0861 e. The van der Waals surface area contributed by atoms with Crippen LogP contribution in [0, 0.1) is 0 Å². The summed E-state index contributed by atoms with van der Waals surface area (Å²) in [4.78, 5) is 0. The van der Waals surface area contributed by atoms with Gasteiger partial charge in [0.25, 0.3) is 0 Å². The van der Waals surface area contributed by atoms with E-state index < -0.39 is 0 Å². The second kappa shape index (κ2) is 13.3.